The second kappa shape index (κ2) is 7.05. The molecule has 0 bridgehead atoms. The minimum Gasteiger partial charge on any atom is -0.342 e. The lowest BCUT2D eigenvalue weighted by Crippen LogP contribution is -2.34. The van der Waals surface area contributed by atoms with E-state index < -0.39 is 0 Å². The van der Waals surface area contributed by atoms with Gasteiger partial charge in [-0.1, -0.05) is 19.3 Å². The van der Waals surface area contributed by atoms with Gasteiger partial charge in [0, 0.05) is 0 Å². The molecule has 0 rings (SSSR count). The van der Waals surface area contributed by atoms with Gasteiger partial charge in [0.25, 0.3) is 0 Å². The van der Waals surface area contributed by atoms with Crippen LogP contribution < -0.4 is 5.32 Å². The fourth-order valence-corrected chi connectivity index (χ4v) is 1.20. The van der Waals surface area contributed by atoms with Gasteiger partial charge in [0.2, 0.25) is 5.91 Å². The number of amides is 1. The lowest BCUT2D eigenvalue weighted by molar-refractivity contribution is -0.118. The minimum atomic E-state index is -0.0883. The molecule has 1 unspecified atom stereocenters. The SMILES string of the molecule is C#CC(CCC)NC(=O)CSC. The summed E-state index contributed by atoms with van der Waals surface area (Å²) in [6.45, 7) is 2.05. The summed E-state index contributed by atoms with van der Waals surface area (Å²) in [6, 6.07) is -0.0883. The summed E-state index contributed by atoms with van der Waals surface area (Å²) < 4.78 is 0. The standard InChI is InChI=1S/C9H15NOS/c1-4-6-8(5-2)10-9(11)7-12-3/h2,8H,4,6-7H2,1,3H3,(H,10,11). The van der Waals surface area contributed by atoms with Crippen molar-refractivity contribution in [2.75, 3.05) is 12.0 Å². The molecule has 0 spiro atoms. The zero-order valence-corrected chi connectivity index (χ0v) is 8.41. The van der Waals surface area contributed by atoms with Crippen LogP contribution in [0.3, 0.4) is 0 Å². The Hall–Kier alpha value is -0.620. The zero-order chi connectivity index (χ0) is 9.40. The quantitative estimate of drug-likeness (QED) is 0.653. The maximum Gasteiger partial charge on any atom is 0.230 e. The molecular weight excluding hydrogens is 170 g/mol. The van der Waals surface area contributed by atoms with Gasteiger partial charge in [-0.15, -0.1) is 6.42 Å². The number of hydrogen-bond acceptors (Lipinski definition) is 2. The molecule has 2 nitrogen and oxygen atoms in total. The summed E-state index contributed by atoms with van der Waals surface area (Å²) >= 11 is 1.50. The highest BCUT2D eigenvalue weighted by molar-refractivity contribution is 7.99. The molecule has 1 N–H and O–H groups in total. The van der Waals surface area contributed by atoms with E-state index in [1.54, 1.807) is 0 Å². The van der Waals surface area contributed by atoms with Gasteiger partial charge in [0.15, 0.2) is 0 Å². The Morgan fingerprint density at radius 2 is 2.42 bits per heavy atom. The first-order valence-corrected chi connectivity index (χ1v) is 5.38. The molecule has 1 amide bonds. The monoisotopic (exact) mass is 185 g/mol. The molecule has 0 heterocycles. The summed E-state index contributed by atoms with van der Waals surface area (Å²) in [5, 5.41) is 2.77. The van der Waals surface area contributed by atoms with Crippen molar-refractivity contribution in [3.8, 4) is 12.3 Å². The fraction of sp³-hybridized carbons (Fsp3) is 0.667. The second-order valence-electron chi connectivity index (χ2n) is 2.51. The third-order valence-corrected chi connectivity index (χ3v) is 1.94. The lowest BCUT2D eigenvalue weighted by atomic mass is 10.2. The smallest absolute Gasteiger partial charge is 0.230 e. The molecule has 0 saturated heterocycles. The molecule has 3 heteroatoms. The van der Waals surface area contributed by atoms with Crippen LogP contribution in [-0.2, 0) is 4.79 Å². The molecule has 0 aromatic heterocycles. The number of hydrogen-bond donors (Lipinski definition) is 1. The summed E-state index contributed by atoms with van der Waals surface area (Å²) in [6.07, 6.45) is 8.98. The molecule has 0 saturated carbocycles. The molecule has 0 radical (unpaired) electrons. The Morgan fingerprint density at radius 1 is 1.75 bits per heavy atom. The van der Waals surface area contributed by atoms with Crippen LogP contribution in [0.5, 0.6) is 0 Å². The zero-order valence-electron chi connectivity index (χ0n) is 7.59. The minimum absolute atomic E-state index is 0.0268. The van der Waals surface area contributed by atoms with Gasteiger partial charge in [0.1, 0.15) is 0 Å². The van der Waals surface area contributed by atoms with Crippen molar-refractivity contribution in [2.24, 2.45) is 0 Å². The van der Waals surface area contributed by atoms with E-state index in [0.29, 0.717) is 5.75 Å². The summed E-state index contributed by atoms with van der Waals surface area (Å²) in [4.78, 5) is 11.1. The van der Waals surface area contributed by atoms with E-state index in [9.17, 15) is 4.79 Å². The number of carbonyl (C=O) groups is 1. The van der Waals surface area contributed by atoms with E-state index >= 15 is 0 Å². The van der Waals surface area contributed by atoms with E-state index in [-0.39, 0.29) is 11.9 Å². The van der Waals surface area contributed by atoms with Gasteiger partial charge in [-0.05, 0) is 12.7 Å². The van der Waals surface area contributed by atoms with Crippen molar-refractivity contribution in [1.29, 1.82) is 0 Å². The van der Waals surface area contributed by atoms with E-state index in [4.69, 9.17) is 6.42 Å². The van der Waals surface area contributed by atoms with E-state index in [2.05, 4.69) is 11.2 Å². The van der Waals surface area contributed by atoms with Crippen LogP contribution in [0.25, 0.3) is 0 Å². The third-order valence-electron chi connectivity index (χ3n) is 1.39. The van der Waals surface area contributed by atoms with Crippen LogP contribution in [0, 0.1) is 12.3 Å². The number of terminal acetylenes is 1. The van der Waals surface area contributed by atoms with E-state index in [1.807, 2.05) is 13.2 Å². The van der Waals surface area contributed by atoms with Crippen LogP contribution in [0.4, 0.5) is 0 Å². The predicted octanol–water partition coefficient (Wildman–Crippen LogP) is 1.27. The van der Waals surface area contributed by atoms with Gasteiger partial charge in [-0.3, -0.25) is 4.79 Å². The molecule has 0 aromatic carbocycles. The number of nitrogens with one attached hydrogen (secondary N) is 1. The van der Waals surface area contributed by atoms with Gasteiger partial charge in [-0.2, -0.15) is 11.8 Å². The Balaban J connectivity index is 3.71. The lowest BCUT2D eigenvalue weighted by Gasteiger charge is -2.10. The van der Waals surface area contributed by atoms with E-state index in [1.165, 1.54) is 11.8 Å². The van der Waals surface area contributed by atoms with Crippen molar-refractivity contribution >= 4 is 17.7 Å². The number of thioether (sulfide) groups is 1. The second-order valence-corrected chi connectivity index (χ2v) is 3.37. The van der Waals surface area contributed by atoms with Gasteiger partial charge in [0.05, 0.1) is 11.8 Å². The Kier molecular flexibility index (Phi) is 6.69. The number of carbonyl (C=O) groups excluding carboxylic acids is 1. The predicted molar refractivity (Wildman–Crippen MR) is 54.1 cm³/mol. The van der Waals surface area contributed by atoms with Crippen LogP contribution in [0.2, 0.25) is 0 Å². The first-order valence-electron chi connectivity index (χ1n) is 3.99. The van der Waals surface area contributed by atoms with E-state index in [0.717, 1.165) is 12.8 Å². The van der Waals surface area contributed by atoms with Gasteiger partial charge in [-0.25, -0.2) is 0 Å². The fourth-order valence-electron chi connectivity index (χ4n) is 0.853. The van der Waals surface area contributed by atoms with Gasteiger partial charge >= 0.3 is 0 Å². The first kappa shape index (κ1) is 11.4. The van der Waals surface area contributed by atoms with Crippen LogP contribution in [-0.4, -0.2) is 24.0 Å². The largest absolute Gasteiger partial charge is 0.342 e. The van der Waals surface area contributed by atoms with Crippen molar-refractivity contribution in [3.05, 3.63) is 0 Å². The van der Waals surface area contributed by atoms with Crippen molar-refractivity contribution < 1.29 is 4.79 Å². The highest BCUT2D eigenvalue weighted by Gasteiger charge is 2.06. The molecule has 0 aromatic rings. The topological polar surface area (TPSA) is 29.1 Å². The Morgan fingerprint density at radius 3 is 2.83 bits per heavy atom. The molecule has 0 aliphatic rings. The first-order chi connectivity index (χ1) is 5.74. The Labute approximate surface area is 78.5 Å². The molecule has 68 valence electrons. The average Bonchev–Trinajstić information content (AvgIpc) is 2.04. The normalized spacial score (nSPS) is 11.8. The van der Waals surface area contributed by atoms with Crippen LogP contribution in [0.1, 0.15) is 19.8 Å². The van der Waals surface area contributed by atoms with Crippen LogP contribution >= 0.6 is 11.8 Å². The maximum absolute atomic E-state index is 11.1. The maximum atomic E-state index is 11.1. The number of rotatable bonds is 5. The molecule has 12 heavy (non-hydrogen) atoms. The highest BCUT2D eigenvalue weighted by Crippen LogP contribution is 1.96. The third kappa shape index (κ3) is 5.09. The van der Waals surface area contributed by atoms with Crippen molar-refractivity contribution in [1.82, 2.24) is 5.32 Å². The summed E-state index contributed by atoms with van der Waals surface area (Å²) in [5.41, 5.74) is 0. The molecule has 1 atom stereocenters. The molecular formula is C9H15NOS. The Bertz CT molecular complexity index is 174. The van der Waals surface area contributed by atoms with Crippen LogP contribution in [0.15, 0.2) is 0 Å². The molecule has 0 aliphatic heterocycles. The average molecular weight is 185 g/mol. The summed E-state index contributed by atoms with van der Waals surface area (Å²) in [5.74, 6) is 3.07. The highest BCUT2D eigenvalue weighted by atomic mass is 32.2. The van der Waals surface area contributed by atoms with Crippen molar-refractivity contribution in [2.45, 2.75) is 25.8 Å². The summed E-state index contributed by atoms with van der Waals surface area (Å²) in [7, 11) is 0. The molecule has 0 aliphatic carbocycles. The van der Waals surface area contributed by atoms with Gasteiger partial charge < -0.3 is 5.32 Å². The molecule has 0 fully saturated rings. The van der Waals surface area contributed by atoms with Crippen molar-refractivity contribution in [3.63, 3.8) is 0 Å².